The monoisotopic (exact) mass is 475 g/mol. The van der Waals surface area contributed by atoms with Crippen molar-refractivity contribution in [1.82, 2.24) is 20.6 Å². The normalized spacial score (nSPS) is 13.8. The van der Waals surface area contributed by atoms with E-state index in [2.05, 4.69) is 44.7 Å². The predicted molar refractivity (Wildman–Crippen MR) is 132 cm³/mol. The second kappa shape index (κ2) is 11.6. The number of halogens is 1. The molecule has 0 aliphatic heterocycles. The number of nitrogens with zero attached hydrogens (tertiary/aromatic N) is 3. The first-order chi connectivity index (χ1) is 17.0. The second-order valence-electron chi connectivity index (χ2n) is 8.81. The third-order valence-electron chi connectivity index (χ3n) is 6.41. The van der Waals surface area contributed by atoms with Crippen LogP contribution in [-0.2, 0) is 13.1 Å². The van der Waals surface area contributed by atoms with E-state index in [4.69, 9.17) is 0 Å². The van der Waals surface area contributed by atoms with E-state index in [0.717, 1.165) is 11.1 Å². The van der Waals surface area contributed by atoms with Crippen molar-refractivity contribution in [2.24, 2.45) is 0 Å². The van der Waals surface area contributed by atoms with Gasteiger partial charge in [-0.1, -0.05) is 43.5 Å². The topological polar surface area (TPSA) is 87.2 Å². The summed E-state index contributed by atoms with van der Waals surface area (Å²) in [7, 11) is 2.14. The average molecular weight is 476 g/mol. The molecule has 1 aliphatic carbocycles. The molecule has 1 heterocycles. The fourth-order valence-corrected chi connectivity index (χ4v) is 4.33. The van der Waals surface area contributed by atoms with Crippen LogP contribution in [0.25, 0.3) is 0 Å². The summed E-state index contributed by atoms with van der Waals surface area (Å²) in [4.78, 5) is 35.9. The van der Waals surface area contributed by atoms with Gasteiger partial charge in [-0.05, 0) is 48.2 Å². The Bertz CT molecular complexity index is 1140. The molecule has 0 spiro atoms. The fourth-order valence-electron chi connectivity index (χ4n) is 4.33. The summed E-state index contributed by atoms with van der Waals surface area (Å²) in [5.74, 6) is -1.35. The lowest BCUT2D eigenvalue weighted by Crippen LogP contribution is -2.33. The van der Waals surface area contributed by atoms with Crippen LogP contribution in [0.5, 0.6) is 0 Å². The molecule has 2 amide bonds. The van der Waals surface area contributed by atoms with Crippen LogP contribution in [0.15, 0.2) is 60.9 Å². The molecule has 2 N–H and O–H groups in total. The number of hydrogen-bond acceptors (Lipinski definition) is 5. The van der Waals surface area contributed by atoms with Crippen molar-refractivity contribution in [3.05, 3.63) is 89.3 Å². The smallest absolute Gasteiger partial charge is 0.272 e. The van der Waals surface area contributed by atoms with Crippen LogP contribution in [0.4, 0.5) is 10.1 Å². The summed E-state index contributed by atoms with van der Waals surface area (Å²) in [6.45, 7) is 0.484. The summed E-state index contributed by atoms with van der Waals surface area (Å²) in [6.07, 6.45) is 9.10. The molecule has 0 saturated heterocycles. The summed E-state index contributed by atoms with van der Waals surface area (Å²) < 4.78 is 13.1. The zero-order chi connectivity index (χ0) is 24.6. The lowest BCUT2D eigenvalue weighted by molar-refractivity contribution is 0.0908. The maximum atomic E-state index is 13.1. The van der Waals surface area contributed by atoms with Gasteiger partial charge in [0.25, 0.3) is 11.8 Å². The van der Waals surface area contributed by atoms with E-state index in [0.29, 0.717) is 12.6 Å². The van der Waals surface area contributed by atoms with Crippen molar-refractivity contribution in [2.75, 3.05) is 11.9 Å². The minimum absolute atomic E-state index is 0.0437. The van der Waals surface area contributed by atoms with Gasteiger partial charge in [-0.25, -0.2) is 14.4 Å². The highest BCUT2D eigenvalue weighted by Gasteiger charge is 2.20. The van der Waals surface area contributed by atoms with Crippen molar-refractivity contribution in [2.45, 2.75) is 51.2 Å². The Kier molecular flexibility index (Phi) is 8.03. The Morgan fingerprint density at radius 3 is 1.83 bits per heavy atom. The van der Waals surface area contributed by atoms with Crippen LogP contribution in [0.1, 0.15) is 64.2 Å². The number of aromatic nitrogens is 2. The van der Waals surface area contributed by atoms with Gasteiger partial charge < -0.3 is 15.5 Å². The quantitative estimate of drug-likeness (QED) is 0.509. The average Bonchev–Trinajstić information content (AvgIpc) is 2.91. The van der Waals surface area contributed by atoms with E-state index in [1.807, 2.05) is 12.1 Å². The Hall–Kier alpha value is -3.81. The highest BCUT2D eigenvalue weighted by Crippen LogP contribution is 2.26. The first kappa shape index (κ1) is 24.3. The molecule has 4 rings (SSSR count). The summed E-state index contributed by atoms with van der Waals surface area (Å²) in [5, 5.41) is 5.52. The van der Waals surface area contributed by atoms with E-state index in [9.17, 15) is 14.0 Å². The minimum Gasteiger partial charge on any atom is -0.372 e. The third-order valence-corrected chi connectivity index (χ3v) is 6.41. The molecule has 0 bridgehead atoms. The molecule has 0 unspecified atom stereocenters. The number of nitrogens with one attached hydrogen (secondary N) is 2. The molecule has 1 aliphatic rings. The number of carbonyl (C=O) groups is 2. The lowest BCUT2D eigenvalue weighted by atomic mass is 9.94. The molecular formula is C27H30FN5O2. The molecular weight excluding hydrogens is 445 g/mol. The molecule has 8 heteroatoms. The molecule has 1 aromatic heterocycles. The first-order valence-electron chi connectivity index (χ1n) is 11.9. The Balaban J connectivity index is 1.34. The molecule has 2 aromatic carbocycles. The van der Waals surface area contributed by atoms with Gasteiger partial charge in [0.1, 0.15) is 5.82 Å². The molecule has 3 aromatic rings. The van der Waals surface area contributed by atoms with Gasteiger partial charge in [0.2, 0.25) is 0 Å². The van der Waals surface area contributed by atoms with Crippen LogP contribution in [0.2, 0.25) is 0 Å². The standard InChI is InChI=1S/C27H30FN5O2/c1-33(22-5-3-2-4-6-22)23-13-9-20(10-14-23)18-32-27(35)25-24(29-15-16-30-25)26(34)31-17-19-7-11-21(28)12-8-19/h7-16,22H,2-6,17-18H2,1H3,(H,31,34)(H,32,35). The maximum Gasteiger partial charge on any atom is 0.272 e. The van der Waals surface area contributed by atoms with Gasteiger partial charge in [0.05, 0.1) is 0 Å². The van der Waals surface area contributed by atoms with Gasteiger partial charge in [0, 0.05) is 44.3 Å². The molecule has 182 valence electrons. The highest BCUT2D eigenvalue weighted by molar-refractivity contribution is 6.04. The molecule has 7 nitrogen and oxygen atoms in total. The number of hydrogen-bond donors (Lipinski definition) is 2. The predicted octanol–water partition coefficient (Wildman–Crippen LogP) is 4.24. The van der Waals surface area contributed by atoms with Crippen molar-refractivity contribution in [3.8, 4) is 0 Å². The van der Waals surface area contributed by atoms with E-state index < -0.39 is 11.8 Å². The van der Waals surface area contributed by atoms with E-state index >= 15 is 0 Å². The zero-order valence-corrected chi connectivity index (χ0v) is 19.8. The summed E-state index contributed by atoms with van der Waals surface area (Å²) in [6, 6.07) is 14.5. The largest absolute Gasteiger partial charge is 0.372 e. The lowest BCUT2D eigenvalue weighted by Gasteiger charge is -2.33. The Morgan fingerprint density at radius 2 is 1.31 bits per heavy atom. The molecule has 1 fully saturated rings. The minimum atomic E-state index is -0.525. The summed E-state index contributed by atoms with van der Waals surface area (Å²) in [5.41, 5.74) is 2.74. The van der Waals surface area contributed by atoms with Crippen LogP contribution in [-0.4, -0.2) is 34.9 Å². The van der Waals surface area contributed by atoms with Crippen LogP contribution in [0.3, 0.4) is 0 Å². The number of amides is 2. The van der Waals surface area contributed by atoms with Gasteiger partial charge in [0.15, 0.2) is 11.4 Å². The summed E-state index contributed by atoms with van der Waals surface area (Å²) >= 11 is 0. The number of benzene rings is 2. The molecule has 1 saturated carbocycles. The maximum absolute atomic E-state index is 13.1. The fraction of sp³-hybridized carbons (Fsp3) is 0.333. The van der Waals surface area contributed by atoms with E-state index in [1.165, 1.54) is 62.3 Å². The molecule has 35 heavy (non-hydrogen) atoms. The second-order valence-corrected chi connectivity index (χ2v) is 8.81. The van der Waals surface area contributed by atoms with Crippen molar-refractivity contribution in [1.29, 1.82) is 0 Å². The zero-order valence-electron chi connectivity index (χ0n) is 19.8. The Labute approximate surface area is 204 Å². The van der Waals surface area contributed by atoms with Gasteiger partial charge in [-0.2, -0.15) is 0 Å². The third kappa shape index (κ3) is 6.41. The SMILES string of the molecule is CN(c1ccc(CNC(=O)c2nccnc2C(=O)NCc2ccc(F)cc2)cc1)C1CCCCC1. The van der Waals surface area contributed by atoms with Crippen molar-refractivity contribution < 1.29 is 14.0 Å². The number of rotatable bonds is 8. The molecule has 0 radical (unpaired) electrons. The molecule has 0 atom stereocenters. The van der Waals surface area contributed by atoms with E-state index in [1.54, 1.807) is 12.1 Å². The first-order valence-corrected chi connectivity index (χ1v) is 11.9. The van der Waals surface area contributed by atoms with E-state index in [-0.39, 0.29) is 23.7 Å². The van der Waals surface area contributed by atoms with Crippen LogP contribution >= 0.6 is 0 Å². The Morgan fingerprint density at radius 1 is 0.829 bits per heavy atom. The van der Waals surface area contributed by atoms with Crippen molar-refractivity contribution >= 4 is 17.5 Å². The number of carbonyl (C=O) groups excluding carboxylic acids is 2. The number of anilines is 1. The highest BCUT2D eigenvalue weighted by atomic mass is 19.1. The van der Waals surface area contributed by atoms with Gasteiger partial charge >= 0.3 is 0 Å². The van der Waals surface area contributed by atoms with Gasteiger partial charge in [-0.15, -0.1) is 0 Å². The van der Waals surface area contributed by atoms with Gasteiger partial charge in [-0.3, -0.25) is 9.59 Å². The van der Waals surface area contributed by atoms with Crippen LogP contribution < -0.4 is 15.5 Å². The van der Waals surface area contributed by atoms with Crippen molar-refractivity contribution in [3.63, 3.8) is 0 Å². The van der Waals surface area contributed by atoms with Crippen LogP contribution in [0, 0.1) is 5.82 Å².